The minimum atomic E-state index is -0.0899. The molecule has 27 heavy (non-hydrogen) atoms. The zero-order valence-corrected chi connectivity index (χ0v) is 16.6. The molecule has 1 heterocycles. The highest BCUT2D eigenvalue weighted by atomic mass is 32.1. The molecule has 0 aliphatic carbocycles. The second-order valence-electron chi connectivity index (χ2n) is 6.40. The van der Waals surface area contributed by atoms with Crippen LogP contribution in [0.5, 0.6) is 0 Å². The van der Waals surface area contributed by atoms with E-state index in [2.05, 4.69) is 29.5 Å². The van der Waals surface area contributed by atoms with E-state index in [4.69, 9.17) is 0 Å². The van der Waals surface area contributed by atoms with E-state index in [1.807, 2.05) is 53.9 Å². The van der Waals surface area contributed by atoms with E-state index in [1.165, 1.54) is 18.4 Å². The molecular formula is C22H25N3OS. The van der Waals surface area contributed by atoms with Crippen LogP contribution in [0.1, 0.15) is 42.6 Å². The fraction of sp³-hybridized carbons (Fsp3) is 0.273. The van der Waals surface area contributed by atoms with Crippen molar-refractivity contribution in [3.05, 3.63) is 65.0 Å². The summed E-state index contributed by atoms with van der Waals surface area (Å²) in [4.78, 5) is 17.0. The second kappa shape index (κ2) is 9.33. The highest BCUT2D eigenvalue weighted by molar-refractivity contribution is 7.14. The molecule has 0 unspecified atom stereocenters. The molecule has 0 aliphatic heterocycles. The van der Waals surface area contributed by atoms with Crippen LogP contribution in [0.2, 0.25) is 0 Å². The third kappa shape index (κ3) is 5.17. The van der Waals surface area contributed by atoms with Gasteiger partial charge in [-0.15, -0.1) is 11.3 Å². The van der Waals surface area contributed by atoms with E-state index in [-0.39, 0.29) is 5.91 Å². The summed E-state index contributed by atoms with van der Waals surface area (Å²) in [5.41, 5.74) is 4.71. The predicted molar refractivity (Wildman–Crippen MR) is 115 cm³/mol. The Morgan fingerprint density at radius 1 is 1.04 bits per heavy atom. The average Bonchev–Trinajstić information content (AvgIpc) is 3.16. The van der Waals surface area contributed by atoms with Gasteiger partial charge in [0, 0.05) is 28.7 Å². The Balaban J connectivity index is 1.62. The van der Waals surface area contributed by atoms with Gasteiger partial charge in [0.1, 0.15) is 0 Å². The summed E-state index contributed by atoms with van der Waals surface area (Å²) in [5.74, 6) is -0.0899. The smallest absolute Gasteiger partial charge is 0.255 e. The molecule has 5 heteroatoms. The van der Waals surface area contributed by atoms with Crippen molar-refractivity contribution < 1.29 is 4.79 Å². The van der Waals surface area contributed by atoms with Crippen LogP contribution < -0.4 is 10.6 Å². The average molecular weight is 380 g/mol. The van der Waals surface area contributed by atoms with Gasteiger partial charge >= 0.3 is 0 Å². The fourth-order valence-electron chi connectivity index (χ4n) is 2.77. The Hall–Kier alpha value is -2.66. The van der Waals surface area contributed by atoms with Crippen molar-refractivity contribution in [2.24, 2.45) is 0 Å². The van der Waals surface area contributed by atoms with Crippen LogP contribution in [-0.2, 0) is 6.42 Å². The Labute approximate surface area is 164 Å². The molecule has 0 bridgehead atoms. The van der Waals surface area contributed by atoms with Crippen LogP contribution in [0, 0.1) is 0 Å². The SMILES string of the molecule is CCCCc1ccc(C(=O)Nc2ccc(-c3csc(NCC)n3)cc2)cc1. The molecule has 140 valence electrons. The summed E-state index contributed by atoms with van der Waals surface area (Å²) in [6.45, 7) is 5.09. The van der Waals surface area contributed by atoms with Gasteiger partial charge in [-0.25, -0.2) is 4.98 Å². The largest absolute Gasteiger partial charge is 0.362 e. The summed E-state index contributed by atoms with van der Waals surface area (Å²) in [6.07, 6.45) is 3.41. The summed E-state index contributed by atoms with van der Waals surface area (Å²) in [6, 6.07) is 15.7. The van der Waals surface area contributed by atoms with Gasteiger partial charge in [-0.2, -0.15) is 0 Å². The van der Waals surface area contributed by atoms with Gasteiger partial charge in [-0.1, -0.05) is 37.6 Å². The molecule has 0 atom stereocenters. The van der Waals surface area contributed by atoms with Crippen LogP contribution in [0.3, 0.4) is 0 Å². The van der Waals surface area contributed by atoms with Crippen molar-refractivity contribution in [3.8, 4) is 11.3 Å². The van der Waals surface area contributed by atoms with E-state index in [1.54, 1.807) is 11.3 Å². The first-order valence-corrected chi connectivity index (χ1v) is 10.3. The molecule has 0 fully saturated rings. The first-order valence-electron chi connectivity index (χ1n) is 9.39. The van der Waals surface area contributed by atoms with Crippen LogP contribution in [0.25, 0.3) is 11.3 Å². The summed E-state index contributed by atoms with van der Waals surface area (Å²) in [7, 11) is 0. The molecule has 1 amide bonds. The molecule has 3 aromatic rings. The summed E-state index contributed by atoms with van der Waals surface area (Å²) < 4.78 is 0. The Morgan fingerprint density at radius 2 is 1.78 bits per heavy atom. The van der Waals surface area contributed by atoms with Crippen molar-refractivity contribution in [1.82, 2.24) is 4.98 Å². The lowest BCUT2D eigenvalue weighted by atomic mass is 10.1. The molecule has 0 aliphatic rings. The van der Waals surface area contributed by atoms with Gasteiger partial charge in [-0.3, -0.25) is 4.79 Å². The number of nitrogens with one attached hydrogen (secondary N) is 2. The maximum absolute atomic E-state index is 12.4. The zero-order chi connectivity index (χ0) is 19.1. The maximum atomic E-state index is 12.4. The number of carbonyl (C=O) groups excluding carboxylic acids is 1. The van der Waals surface area contributed by atoms with Gasteiger partial charge < -0.3 is 10.6 Å². The second-order valence-corrected chi connectivity index (χ2v) is 7.26. The maximum Gasteiger partial charge on any atom is 0.255 e. The predicted octanol–water partition coefficient (Wildman–Crippen LogP) is 5.84. The highest BCUT2D eigenvalue weighted by Crippen LogP contribution is 2.26. The Kier molecular flexibility index (Phi) is 6.60. The third-order valence-electron chi connectivity index (χ3n) is 4.31. The third-order valence-corrected chi connectivity index (χ3v) is 5.11. The fourth-order valence-corrected chi connectivity index (χ4v) is 3.56. The van der Waals surface area contributed by atoms with Gasteiger partial charge in [0.2, 0.25) is 0 Å². The van der Waals surface area contributed by atoms with Gasteiger partial charge in [0.05, 0.1) is 5.69 Å². The lowest BCUT2D eigenvalue weighted by Crippen LogP contribution is -2.11. The van der Waals surface area contributed by atoms with Crippen LogP contribution in [0.15, 0.2) is 53.9 Å². The molecule has 0 saturated heterocycles. The molecule has 2 aromatic carbocycles. The first-order chi connectivity index (χ1) is 13.2. The molecule has 3 rings (SSSR count). The number of carbonyl (C=O) groups is 1. The molecular weight excluding hydrogens is 354 g/mol. The van der Waals surface area contributed by atoms with Crippen LogP contribution in [-0.4, -0.2) is 17.4 Å². The zero-order valence-electron chi connectivity index (χ0n) is 15.8. The van der Waals surface area contributed by atoms with Gasteiger partial charge in [0.15, 0.2) is 5.13 Å². The minimum Gasteiger partial charge on any atom is -0.362 e. The van der Waals surface area contributed by atoms with Crippen molar-refractivity contribution in [1.29, 1.82) is 0 Å². The minimum absolute atomic E-state index is 0.0899. The lowest BCUT2D eigenvalue weighted by molar-refractivity contribution is 0.102. The van der Waals surface area contributed by atoms with Crippen molar-refractivity contribution in [2.75, 3.05) is 17.2 Å². The van der Waals surface area contributed by atoms with Crippen LogP contribution in [0.4, 0.5) is 10.8 Å². The van der Waals surface area contributed by atoms with Gasteiger partial charge in [0.25, 0.3) is 5.91 Å². The number of anilines is 2. The number of aromatic nitrogens is 1. The lowest BCUT2D eigenvalue weighted by Gasteiger charge is -2.07. The number of rotatable bonds is 8. The summed E-state index contributed by atoms with van der Waals surface area (Å²) in [5, 5.41) is 9.13. The normalized spacial score (nSPS) is 10.6. The topological polar surface area (TPSA) is 54.0 Å². The van der Waals surface area contributed by atoms with Gasteiger partial charge in [-0.05, 0) is 49.6 Å². The number of nitrogens with zero attached hydrogens (tertiary/aromatic N) is 1. The number of thiazole rings is 1. The number of unbranched alkanes of at least 4 members (excludes halogenated alkanes) is 1. The van der Waals surface area contributed by atoms with Crippen molar-refractivity contribution in [3.63, 3.8) is 0 Å². The molecule has 0 saturated carbocycles. The quantitative estimate of drug-likeness (QED) is 0.517. The Bertz CT molecular complexity index is 869. The standard InChI is InChI=1S/C22H25N3OS/c1-3-5-6-16-7-9-18(10-8-16)21(26)24-19-13-11-17(12-14-19)20-15-27-22(25-20)23-4-2/h7-15H,3-6H2,1-2H3,(H,23,25)(H,24,26). The van der Waals surface area contributed by atoms with E-state index in [0.717, 1.165) is 35.0 Å². The molecule has 2 N–H and O–H groups in total. The van der Waals surface area contributed by atoms with E-state index < -0.39 is 0 Å². The number of hydrogen-bond acceptors (Lipinski definition) is 4. The first kappa shape index (κ1) is 19.1. The van der Waals surface area contributed by atoms with Crippen molar-refractivity contribution in [2.45, 2.75) is 33.1 Å². The monoisotopic (exact) mass is 379 g/mol. The van der Waals surface area contributed by atoms with Crippen molar-refractivity contribution >= 4 is 28.1 Å². The number of benzene rings is 2. The summed E-state index contributed by atoms with van der Waals surface area (Å²) >= 11 is 1.60. The van der Waals surface area contributed by atoms with E-state index in [0.29, 0.717) is 5.56 Å². The number of amides is 1. The molecule has 0 spiro atoms. The number of aryl methyl sites for hydroxylation is 1. The molecule has 0 radical (unpaired) electrons. The molecule has 4 nitrogen and oxygen atoms in total. The molecule has 1 aromatic heterocycles. The van der Waals surface area contributed by atoms with Crippen LogP contribution >= 0.6 is 11.3 Å². The Morgan fingerprint density at radius 3 is 2.44 bits per heavy atom. The highest BCUT2D eigenvalue weighted by Gasteiger charge is 2.08. The number of hydrogen-bond donors (Lipinski definition) is 2. The van der Waals surface area contributed by atoms with E-state index >= 15 is 0 Å². The van der Waals surface area contributed by atoms with E-state index in [9.17, 15) is 4.79 Å².